The molecule has 2 aromatic rings. The van der Waals surface area contributed by atoms with Crippen LogP contribution in [0, 0.1) is 0 Å². The van der Waals surface area contributed by atoms with Gasteiger partial charge in [0, 0.05) is 11.6 Å². The van der Waals surface area contributed by atoms with Gasteiger partial charge < -0.3 is 4.74 Å². The molecule has 0 atom stereocenters. The van der Waals surface area contributed by atoms with Gasteiger partial charge in [-0.25, -0.2) is 9.78 Å². The van der Waals surface area contributed by atoms with Crippen LogP contribution >= 0.6 is 11.3 Å². The lowest BCUT2D eigenvalue weighted by Crippen LogP contribution is -2.26. The van der Waals surface area contributed by atoms with E-state index in [2.05, 4.69) is 10.3 Å². The number of carbonyl (C=O) groups excluding carboxylic acids is 1. The van der Waals surface area contributed by atoms with Gasteiger partial charge in [0.1, 0.15) is 15.4 Å². The SMILES string of the molecule is CC(C)(C)OC(=O)Nc1cc2cccnc2s1. The van der Waals surface area contributed by atoms with Crippen molar-refractivity contribution in [1.82, 2.24) is 4.98 Å². The fourth-order valence-electron chi connectivity index (χ4n) is 1.34. The van der Waals surface area contributed by atoms with Gasteiger partial charge in [-0.3, -0.25) is 5.32 Å². The Balaban J connectivity index is 2.11. The van der Waals surface area contributed by atoms with E-state index < -0.39 is 11.7 Å². The second kappa shape index (κ2) is 4.33. The van der Waals surface area contributed by atoms with Gasteiger partial charge in [0.25, 0.3) is 0 Å². The molecule has 4 nitrogen and oxygen atoms in total. The summed E-state index contributed by atoms with van der Waals surface area (Å²) in [4.78, 5) is 16.7. The minimum absolute atomic E-state index is 0.441. The van der Waals surface area contributed by atoms with Crippen LogP contribution in [0.3, 0.4) is 0 Å². The number of ether oxygens (including phenoxy) is 1. The lowest BCUT2D eigenvalue weighted by atomic mass is 10.2. The molecule has 0 spiro atoms. The van der Waals surface area contributed by atoms with Crippen LogP contribution in [0.2, 0.25) is 0 Å². The average molecular weight is 250 g/mol. The number of rotatable bonds is 1. The first-order chi connectivity index (χ1) is 7.94. The van der Waals surface area contributed by atoms with Crippen molar-refractivity contribution in [3.05, 3.63) is 24.4 Å². The van der Waals surface area contributed by atoms with Crippen LogP contribution in [0.25, 0.3) is 10.2 Å². The Labute approximate surface area is 104 Å². The quantitative estimate of drug-likeness (QED) is 0.840. The highest BCUT2D eigenvalue weighted by atomic mass is 32.1. The van der Waals surface area contributed by atoms with Crippen molar-refractivity contribution < 1.29 is 9.53 Å². The van der Waals surface area contributed by atoms with E-state index in [4.69, 9.17) is 4.74 Å². The van der Waals surface area contributed by atoms with E-state index >= 15 is 0 Å². The molecule has 0 saturated heterocycles. The minimum atomic E-state index is -0.487. The molecular formula is C12H14N2O2S. The van der Waals surface area contributed by atoms with Crippen LogP contribution in [0.4, 0.5) is 9.80 Å². The van der Waals surface area contributed by atoms with Crippen molar-refractivity contribution in [3.8, 4) is 0 Å². The van der Waals surface area contributed by atoms with Crippen molar-refractivity contribution in [2.45, 2.75) is 26.4 Å². The van der Waals surface area contributed by atoms with Crippen LogP contribution in [0.5, 0.6) is 0 Å². The molecule has 1 amide bonds. The van der Waals surface area contributed by atoms with Gasteiger partial charge in [-0.2, -0.15) is 0 Å². The van der Waals surface area contributed by atoms with Crippen molar-refractivity contribution in [2.75, 3.05) is 5.32 Å². The zero-order valence-corrected chi connectivity index (χ0v) is 10.8. The number of thiophene rings is 1. The van der Waals surface area contributed by atoms with Gasteiger partial charge in [0.15, 0.2) is 0 Å². The van der Waals surface area contributed by atoms with E-state index in [1.54, 1.807) is 6.20 Å². The highest BCUT2D eigenvalue weighted by Crippen LogP contribution is 2.27. The Morgan fingerprint density at radius 1 is 1.47 bits per heavy atom. The fourth-order valence-corrected chi connectivity index (χ4v) is 2.23. The van der Waals surface area contributed by atoms with Gasteiger partial charge in [0.2, 0.25) is 0 Å². The number of aromatic nitrogens is 1. The van der Waals surface area contributed by atoms with Crippen LogP contribution in [-0.2, 0) is 4.74 Å². The third-order valence-electron chi connectivity index (χ3n) is 1.92. The summed E-state index contributed by atoms with van der Waals surface area (Å²) in [6.45, 7) is 5.50. The number of nitrogens with one attached hydrogen (secondary N) is 1. The molecule has 2 aromatic heterocycles. The highest BCUT2D eigenvalue weighted by molar-refractivity contribution is 7.22. The van der Waals surface area contributed by atoms with Gasteiger partial charge in [-0.15, -0.1) is 0 Å². The van der Waals surface area contributed by atoms with Crippen molar-refractivity contribution >= 4 is 32.6 Å². The number of nitrogens with zero attached hydrogens (tertiary/aromatic N) is 1. The predicted octanol–water partition coefficient (Wildman–Crippen LogP) is 3.64. The van der Waals surface area contributed by atoms with Crippen molar-refractivity contribution in [1.29, 1.82) is 0 Å². The van der Waals surface area contributed by atoms with E-state index in [9.17, 15) is 4.79 Å². The topological polar surface area (TPSA) is 51.2 Å². The zero-order chi connectivity index (χ0) is 12.5. The summed E-state index contributed by atoms with van der Waals surface area (Å²) in [5.41, 5.74) is -0.487. The van der Waals surface area contributed by atoms with E-state index in [1.807, 2.05) is 39.0 Å². The molecule has 0 aromatic carbocycles. The number of hydrogen-bond acceptors (Lipinski definition) is 4. The van der Waals surface area contributed by atoms with Gasteiger partial charge >= 0.3 is 6.09 Å². The van der Waals surface area contributed by atoms with E-state index in [0.29, 0.717) is 0 Å². The van der Waals surface area contributed by atoms with Crippen LogP contribution in [-0.4, -0.2) is 16.7 Å². The van der Waals surface area contributed by atoms with Crippen LogP contribution < -0.4 is 5.32 Å². The first-order valence-electron chi connectivity index (χ1n) is 5.29. The molecule has 0 bridgehead atoms. The molecule has 0 saturated carbocycles. The van der Waals surface area contributed by atoms with Crippen LogP contribution in [0.1, 0.15) is 20.8 Å². The van der Waals surface area contributed by atoms with Gasteiger partial charge in [-0.1, -0.05) is 17.4 Å². The van der Waals surface area contributed by atoms with Crippen molar-refractivity contribution in [2.24, 2.45) is 0 Å². The molecule has 5 heteroatoms. The first kappa shape index (κ1) is 11.9. The number of carbonyl (C=O) groups is 1. The Morgan fingerprint density at radius 3 is 2.88 bits per heavy atom. The lowest BCUT2D eigenvalue weighted by molar-refractivity contribution is 0.0636. The summed E-state index contributed by atoms with van der Waals surface area (Å²) in [5.74, 6) is 0. The molecule has 0 aliphatic heterocycles. The Hall–Kier alpha value is -1.62. The summed E-state index contributed by atoms with van der Waals surface area (Å²) in [6.07, 6.45) is 1.29. The summed E-state index contributed by atoms with van der Waals surface area (Å²) in [6, 6.07) is 5.71. The maximum Gasteiger partial charge on any atom is 0.412 e. The summed E-state index contributed by atoms with van der Waals surface area (Å²) < 4.78 is 5.17. The molecule has 0 radical (unpaired) electrons. The van der Waals surface area contributed by atoms with Crippen molar-refractivity contribution in [3.63, 3.8) is 0 Å². The Bertz CT molecular complexity index is 510. The smallest absolute Gasteiger partial charge is 0.412 e. The summed E-state index contributed by atoms with van der Waals surface area (Å²) >= 11 is 1.43. The summed E-state index contributed by atoms with van der Waals surface area (Å²) in [7, 11) is 0. The second-order valence-corrected chi connectivity index (χ2v) is 5.67. The van der Waals surface area contributed by atoms with Crippen LogP contribution in [0.15, 0.2) is 24.4 Å². The predicted molar refractivity (Wildman–Crippen MR) is 69.5 cm³/mol. The minimum Gasteiger partial charge on any atom is -0.444 e. The molecule has 17 heavy (non-hydrogen) atoms. The molecule has 1 N–H and O–H groups in total. The normalized spacial score (nSPS) is 11.5. The zero-order valence-electron chi connectivity index (χ0n) is 9.98. The largest absolute Gasteiger partial charge is 0.444 e. The Kier molecular flexibility index (Phi) is 3.02. The molecule has 90 valence electrons. The molecule has 0 aliphatic rings. The monoisotopic (exact) mass is 250 g/mol. The maximum absolute atomic E-state index is 11.6. The molecule has 0 aliphatic carbocycles. The van der Waals surface area contributed by atoms with Gasteiger partial charge in [0.05, 0.1) is 0 Å². The Morgan fingerprint density at radius 2 is 2.24 bits per heavy atom. The standard InChI is InChI=1S/C12H14N2O2S/c1-12(2,3)16-11(15)14-9-7-8-5-4-6-13-10(8)17-9/h4-7H,1-3H3,(H,14,15). The highest BCUT2D eigenvalue weighted by Gasteiger charge is 2.16. The number of amides is 1. The maximum atomic E-state index is 11.6. The number of anilines is 1. The number of pyridine rings is 1. The molecule has 0 fully saturated rings. The second-order valence-electron chi connectivity index (χ2n) is 4.64. The first-order valence-corrected chi connectivity index (χ1v) is 6.10. The number of fused-ring (bicyclic) bond motifs is 1. The van der Waals surface area contributed by atoms with Gasteiger partial charge in [-0.05, 0) is 32.9 Å². The molecule has 2 rings (SSSR count). The van der Waals surface area contributed by atoms with E-state index in [-0.39, 0.29) is 0 Å². The molecular weight excluding hydrogens is 236 g/mol. The lowest BCUT2D eigenvalue weighted by Gasteiger charge is -2.19. The summed E-state index contributed by atoms with van der Waals surface area (Å²) in [5, 5.41) is 4.47. The third kappa shape index (κ3) is 3.17. The molecule has 0 unspecified atom stereocenters. The molecule has 2 heterocycles. The third-order valence-corrected chi connectivity index (χ3v) is 2.89. The van der Waals surface area contributed by atoms with E-state index in [1.165, 1.54) is 11.3 Å². The number of hydrogen-bond donors (Lipinski definition) is 1. The average Bonchev–Trinajstić information content (AvgIpc) is 2.55. The fraction of sp³-hybridized carbons (Fsp3) is 0.333. The van der Waals surface area contributed by atoms with E-state index in [0.717, 1.165) is 15.2 Å².